The fraction of sp³-hybridized carbons (Fsp3) is 0.600. The van der Waals surface area contributed by atoms with Crippen molar-refractivity contribution in [1.82, 2.24) is 14.7 Å². The summed E-state index contributed by atoms with van der Waals surface area (Å²) >= 11 is 0. The molecule has 4 aliphatic heterocycles. The van der Waals surface area contributed by atoms with Crippen LogP contribution in [0.5, 0.6) is 0 Å². The highest BCUT2D eigenvalue weighted by Crippen LogP contribution is 2.54. The van der Waals surface area contributed by atoms with Crippen LogP contribution in [0.3, 0.4) is 0 Å². The van der Waals surface area contributed by atoms with Gasteiger partial charge in [-0.25, -0.2) is 0 Å². The molecule has 2 saturated heterocycles. The molecule has 0 saturated carbocycles. The van der Waals surface area contributed by atoms with Crippen LogP contribution in [0.15, 0.2) is 54.6 Å². The number of aliphatic hydroxyl groups excluding tert-OH is 1. The number of carbonyl (C=O) groups excluding carboxylic acids is 4. The van der Waals surface area contributed by atoms with Crippen LogP contribution in [0, 0.1) is 17.8 Å². The Bertz CT molecular complexity index is 1340. The van der Waals surface area contributed by atoms with Crippen LogP contribution in [-0.4, -0.2) is 99.6 Å². The van der Waals surface area contributed by atoms with E-state index in [1.807, 2.05) is 77.1 Å². The van der Waals surface area contributed by atoms with Gasteiger partial charge in [0.25, 0.3) is 0 Å². The minimum absolute atomic E-state index is 0.0822. The van der Waals surface area contributed by atoms with Crippen LogP contribution < -0.4 is 0 Å². The first-order valence-electron chi connectivity index (χ1n) is 16.2. The molecule has 1 aromatic rings. The maximum Gasteiger partial charge on any atom is 0.313 e. The molecule has 3 amide bonds. The molecule has 1 spiro atoms. The summed E-state index contributed by atoms with van der Waals surface area (Å²) < 4.78 is 13.1. The van der Waals surface area contributed by atoms with Gasteiger partial charge in [-0.1, -0.05) is 68.5 Å². The van der Waals surface area contributed by atoms with Gasteiger partial charge in [-0.15, -0.1) is 0 Å². The molecular formula is C35H47N3O7. The number of hydrogen-bond acceptors (Lipinski definition) is 7. The first kappa shape index (κ1) is 32.9. The highest BCUT2D eigenvalue weighted by atomic mass is 16.6. The average molecular weight is 622 g/mol. The number of likely N-dealkylation sites (tertiary alicyclic amines) is 1. The van der Waals surface area contributed by atoms with Crippen molar-refractivity contribution in [2.45, 2.75) is 95.9 Å². The van der Waals surface area contributed by atoms with Crippen molar-refractivity contribution < 1.29 is 33.8 Å². The number of cyclic esters (lactones) is 1. The molecule has 10 nitrogen and oxygen atoms in total. The summed E-state index contributed by atoms with van der Waals surface area (Å²) in [6.45, 7) is 9.70. The number of fused-ring (bicyclic) bond motifs is 2. The van der Waals surface area contributed by atoms with Crippen molar-refractivity contribution in [3.05, 3.63) is 60.2 Å². The van der Waals surface area contributed by atoms with E-state index in [0.717, 1.165) is 5.56 Å². The highest BCUT2D eigenvalue weighted by Gasteiger charge is 2.72. The van der Waals surface area contributed by atoms with Crippen molar-refractivity contribution in [3.63, 3.8) is 0 Å². The lowest BCUT2D eigenvalue weighted by atomic mass is 9.77. The zero-order chi connectivity index (χ0) is 32.6. The van der Waals surface area contributed by atoms with Gasteiger partial charge < -0.3 is 29.3 Å². The van der Waals surface area contributed by atoms with Gasteiger partial charge in [0.1, 0.15) is 23.7 Å². The normalized spacial score (nSPS) is 33.8. The summed E-state index contributed by atoms with van der Waals surface area (Å²) in [5.74, 6) is -3.34. The van der Waals surface area contributed by atoms with Gasteiger partial charge >= 0.3 is 5.97 Å². The number of benzene rings is 1. The molecule has 45 heavy (non-hydrogen) atoms. The van der Waals surface area contributed by atoms with Crippen molar-refractivity contribution in [1.29, 1.82) is 0 Å². The molecule has 1 N–H and O–H groups in total. The van der Waals surface area contributed by atoms with Gasteiger partial charge in [0.05, 0.1) is 30.7 Å². The molecule has 0 bridgehead atoms. The molecule has 1 aromatic carbocycles. The molecule has 4 aliphatic rings. The second-order valence-electron chi connectivity index (χ2n) is 13.5. The summed E-state index contributed by atoms with van der Waals surface area (Å²) in [5, 5.41) is 10.6. The topological polar surface area (TPSA) is 117 Å². The molecule has 0 radical (unpaired) electrons. The van der Waals surface area contributed by atoms with E-state index in [4.69, 9.17) is 9.47 Å². The van der Waals surface area contributed by atoms with Crippen molar-refractivity contribution in [2.75, 3.05) is 20.2 Å². The fourth-order valence-electron chi connectivity index (χ4n) is 7.52. The summed E-state index contributed by atoms with van der Waals surface area (Å²) in [5.41, 5.74) is -0.718. The molecule has 4 heterocycles. The summed E-state index contributed by atoms with van der Waals surface area (Å²) in [7, 11) is 1.71. The van der Waals surface area contributed by atoms with Gasteiger partial charge in [-0.05, 0) is 45.1 Å². The van der Waals surface area contributed by atoms with E-state index in [-0.39, 0.29) is 36.8 Å². The third-order valence-electron chi connectivity index (χ3n) is 9.87. The Labute approximate surface area is 266 Å². The van der Waals surface area contributed by atoms with Gasteiger partial charge in [-0.2, -0.15) is 0 Å². The minimum atomic E-state index is -1.44. The largest absolute Gasteiger partial charge is 0.455 e. The predicted molar refractivity (Wildman–Crippen MR) is 167 cm³/mol. The maximum absolute atomic E-state index is 14.7. The van der Waals surface area contributed by atoms with E-state index in [0.29, 0.717) is 19.4 Å². The summed E-state index contributed by atoms with van der Waals surface area (Å²) in [4.78, 5) is 61.5. The second kappa shape index (κ2) is 13.1. The lowest BCUT2D eigenvalue weighted by Gasteiger charge is -2.39. The Hall–Kier alpha value is -3.50. The maximum atomic E-state index is 14.7. The van der Waals surface area contributed by atoms with Crippen molar-refractivity contribution >= 4 is 23.7 Å². The van der Waals surface area contributed by atoms with Crippen LogP contribution in [0.4, 0.5) is 0 Å². The predicted octanol–water partition coefficient (Wildman–Crippen LogP) is 3.26. The number of esters is 1. The number of rotatable bonds is 6. The zero-order valence-electron chi connectivity index (χ0n) is 27.2. The lowest BCUT2D eigenvalue weighted by Crippen LogP contribution is -2.59. The Morgan fingerprint density at radius 1 is 1.02 bits per heavy atom. The number of hydrogen-bond donors (Lipinski definition) is 1. The second-order valence-corrected chi connectivity index (χ2v) is 13.5. The Balaban J connectivity index is 1.64. The smallest absolute Gasteiger partial charge is 0.313 e. The Morgan fingerprint density at radius 3 is 2.38 bits per heavy atom. The first-order chi connectivity index (χ1) is 21.4. The van der Waals surface area contributed by atoms with Gasteiger partial charge in [0, 0.05) is 26.1 Å². The van der Waals surface area contributed by atoms with Crippen LogP contribution in [0.25, 0.3) is 0 Å². The number of amides is 3. The third-order valence-corrected chi connectivity index (χ3v) is 9.87. The summed E-state index contributed by atoms with van der Waals surface area (Å²) in [6.07, 6.45) is 6.69. The molecule has 0 aromatic heterocycles. The standard InChI is InChI=1S/C35H47N3O7/c1-21(2)19-25(20-39)38-31-33(42)37(22(3)4)18-12-17-35(31)29(32(38)41)28-26(45-35)15-10-11-16-27(40)36(6)23(5)30(44-34(28)43)24-13-8-7-9-14-24/h7-10,12-15,17,21-23,25-26,28-31,39H,11,16,18-20H2,1-6H3/b15-10-/t23-,25+,26-,28+,29+,30+,31-,35+/m0/s1. The number of nitrogens with zero attached hydrogens (tertiary/aromatic N) is 3. The molecule has 10 heteroatoms. The van der Waals surface area contributed by atoms with Gasteiger partial charge in [-0.3, -0.25) is 19.2 Å². The van der Waals surface area contributed by atoms with E-state index in [1.54, 1.807) is 29.0 Å². The Kier molecular flexibility index (Phi) is 9.56. The number of carbonyl (C=O) groups is 4. The first-order valence-corrected chi connectivity index (χ1v) is 16.2. The van der Waals surface area contributed by atoms with Gasteiger partial charge in [0.15, 0.2) is 0 Å². The fourth-order valence-corrected chi connectivity index (χ4v) is 7.52. The van der Waals surface area contributed by atoms with Crippen molar-refractivity contribution in [3.8, 4) is 0 Å². The number of aliphatic hydroxyl groups is 1. The molecule has 0 unspecified atom stereocenters. The zero-order valence-corrected chi connectivity index (χ0v) is 27.2. The SMILES string of the molecule is CC(C)C[C@H](CO)N1C(=O)[C@H]2[C@@H]3C(=O)O[C@@H](c4ccccc4)[C@H](C)N(C)C(=O)CC/C=C\[C@@H]3O[C@]23C=CCN(C(C)C)C(=O)[C@H]13. The molecule has 0 aliphatic carbocycles. The molecule has 5 rings (SSSR count). The quantitative estimate of drug-likeness (QED) is 0.383. The number of allylic oxidation sites excluding steroid dienone is 1. The van der Waals surface area contributed by atoms with Crippen LogP contribution in [-0.2, 0) is 28.7 Å². The monoisotopic (exact) mass is 621 g/mol. The van der Waals surface area contributed by atoms with E-state index < -0.39 is 59.6 Å². The minimum Gasteiger partial charge on any atom is -0.455 e. The highest BCUT2D eigenvalue weighted by molar-refractivity contribution is 5.99. The van der Waals surface area contributed by atoms with E-state index in [2.05, 4.69) is 0 Å². The molecule has 8 atom stereocenters. The van der Waals surface area contributed by atoms with Crippen LogP contribution >= 0.6 is 0 Å². The Morgan fingerprint density at radius 2 is 1.73 bits per heavy atom. The lowest BCUT2D eigenvalue weighted by molar-refractivity contribution is -0.164. The molecule has 244 valence electrons. The average Bonchev–Trinajstić information content (AvgIpc) is 3.40. The van der Waals surface area contributed by atoms with Crippen LogP contribution in [0.1, 0.15) is 65.5 Å². The molecule has 2 fully saturated rings. The van der Waals surface area contributed by atoms with Crippen molar-refractivity contribution in [2.24, 2.45) is 17.8 Å². The van der Waals surface area contributed by atoms with E-state index in [9.17, 15) is 24.3 Å². The number of ether oxygens (including phenoxy) is 2. The molecular weight excluding hydrogens is 574 g/mol. The van der Waals surface area contributed by atoms with Gasteiger partial charge in [0.2, 0.25) is 17.7 Å². The van der Waals surface area contributed by atoms with E-state index in [1.165, 1.54) is 4.90 Å². The summed E-state index contributed by atoms with van der Waals surface area (Å²) in [6, 6.07) is 6.94. The van der Waals surface area contributed by atoms with E-state index >= 15 is 0 Å². The third kappa shape index (κ3) is 5.83. The number of likely N-dealkylation sites (N-methyl/N-ethyl adjacent to an activating group) is 1. The van der Waals surface area contributed by atoms with Crippen LogP contribution in [0.2, 0.25) is 0 Å².